The molecule has 21 heavy (non-hydrogen) atoms. The van der Waals surface area contributed by atoms with Crippen LogP contribution in [0.3, 0.4) is 0 Å². The van der Waals surface area contributed by atoms with Gasteiger partial charge < -0.3 is 19.6 Å². The lowest BCUT2D eigenvalue weighted by molar-refractivity contribution is 0.148. The molecule has 0 aromatic rings. The van der Waals surface area contributed by atoms with Crippen molar-refractivity contribution in [3.63, 3.8) is 0 Å². The first-order valence-corrected chi connectivity index (χ1v) is 10.7. The summed E-state index contributed by atoms with van der Waals surface area (Å²) in [6.45, 7) is 3.63. The molecule has 10 nitrogen and oxygen atoms in total. The largest absolute Gasteiger partial charge is 0.490 e. The highest BCUT2D eigenvalue weighted by atomic mass is 31.3. The molecule has 13 heteroatoms. The number of phosphoric ester groups is 1. The predicted octanol–water partition coefficient (Wildman–Crippen LogP) is 2.55. The van der Waals surface area contributed by atoms with Crippen molar-refractivity contribution < 1.29 is 46.4 Å². The number of hydrogen-bond donors (Lipinski definition) is 4. The second-order valence-electron chi connectivity index (χ2n) is 4.30. The van der Waals surface area contributed by atoms with E-state index in [1.54, 1.807) is 0 Å². The Bertz CT molecular complexity index is 446. The molecule has 0 amide bonds. The summed E-state index contributed by atoms with van der Waals surface area (Å²) < 4.78 is 44.7. The van der Waals surface area contributed by atoms with Crippen molar-refractivity contribution in [3.05, 3.63) is 0 Å². The Balaban J connectivity index is 4.52. The third kappa shape index (κ3) is 11.6. The molecule has 3 unspecified atom stereocenters. The van der Waals surface area contributed by atoms with E-state index in [1.807, 2.05) is 13.8 Å². The summed E-state index contributed by atoms with van der Waals surface area (Å²) in [4.78, 5) is 35.0. The molecule has 0 aromatic heterocycles. The van der Waals surface area contributed by atoms with Crippen molar-refractivity contribution in [1.82, 2.24) is 0 Å². The summed E-state index contributed by atoms with van der Waals surface area (Å²) in [5.41, 5.74) is 0. The van der Waals surface area contributed by atoms with Crippen molar-refractivity contribution >= 4 is 23.5 Å². The minimum atomic E-state index is -5.43. The van der Waals surface area contributed by atoms with Gasteiger partial charge in [0.1, 0.15) is 0 Å². The number of rotatable bonds is 11. The van der Waals surface area contributed by atoms with E-state index in [2.05, 4.69) is 13.1 Å². The summed E-state index contributed by atoms with van der Waals surface area (Å²) >= 11 is 0. The molecular formula is C8H21O10P3. The zero-order valence-corrected chi connectivity index (χ0v) is 14.4. The van der Waals surface area contributed by atoms with Gasteiger partial charge in [0.15, 0.2) is 0 Å². The third-order valence-electron chi connectivity index (χ3n) is 2.43. The van der Waals surface area contributed by atoms with Crippen molar-refractivity contribution in [3.8, 4) is 0 Å². The van der Waals surface area contributed by atoms with E-state index in [4.69, 9.17) is 14.7 Å². The topological polar surface area (TPSA) is 160 Å². The van der Waals surface area contributed by atoms with E-state index in [0.717, 1.165) is 19.3 Å². The monoisotopic (exact) mass is 370 g/mol. The van der Waals surface area contributed by atoms with Crippen molar-refractivity contribution in [1.29, 1.82) is 0 Å². The van der Waals surface area contributed by atoms with Gasteiger partial charge in [-0.3, -0.25) is 4.52 Å². The molecule has 0 aliphatic carbocycles. The number of phosphoric acid groups is 3. The highest BCUT2D eigenvalue weighted by Crippen LogP contribution is 2.66. The van der Waals surface area contributed by atoms with Gasteiger partial charge in [0.05, 0.1) is 6.61 Å². The van der Waals surface area contributed by atoms with Crippen LogP contribution in [0.2, 0.25) is 0 Å². The first-order valence-electron chi connectivity index (χ1n) is 6.19. The summed E-state index contributed by atoms with van der Waals surface area (Å²) in [5.74, 6) is -0.0465. The molecule has 0 bridgehead atoms. The molecule has 0 saturated heterocycles. The van der Waals surface area contributed by atoms with E-state index >= 15 is 0 Å². The SMILES string of the molecule is CCCCC(CC)COP(=O)(O)OP(=O)(O)OP(=O)(O)O. The first kappa shape index (κ1) is 21.4. The molecule has 0 radical (unpaired) electrons. The summed E-state index contributed by atoms with van der Waals surface area (Å²) in [5, 5.41) is 0. The van der Waals surface area contributed by atoms with Crippen LogP contribution in [0.25, 0.3) is 0 Å². The second-order valence-corrected chi connectivity index (χ2v) is 8.72. The van der Waals surface area contributed by atoms with Gasteiger partial charge in [0.2, 0.25) is 0 Å². The fourth-order valence-electron chi connectivity index (χ4n) is 1.40. The first-order chi connectivity index (χ1) is 9.41. The summed E-state index contributed by atoms with van der Waals surface area (Å²) in [6.07, 6.45) is 3.22. The minimum absolute atomic E-state index is 0.0465. The Labute approximate surface area is 122 Å². The number of unbranched alkanes of at least 4 members (excludes halogenated alkanes) is 1. The van der Waals surface area contributed by atoms with Crippen LogP contribution in [0.1, 0.15) is 39.5 Å². The lowest BCUT2D eigenvalue weighted by Gasteiger charge is -2.19. The van der Waals surface area contributed by atoms with Gasteiger partial charge in [-0.15, -0.1) is 0 Å². The number of hydrogen-bond acceptors (Lipinski definition) is 6. The summed E-state index contributed by atoms with van der Waals surface area (Å²) in [7, 11) is -15.8. The molecule has 0 fully saturated rings. The Morgan fingerprint density at radius 1 is 0.952 bits per heavy atom. The van der Waals surface area contributed by atoms with Gasteiger partial charge in [0, 0.05) is 0 Å². The van der Waals surface area contributed by atoms with Crippen LogP contribution >= 0.6 is 23.5 Å². The minimum Gasteiger partial charge on any atom is -0.302 e. The molecule has 0 spiro atoms. The zero-order valence-electron chi connectivity index (χ0n) is 11.7. The second kappa shape index (κ2) is 8.89. The zero-order chi connectivity index (χ0) is 16.7. The summed E-state index contributed by atoms with van der Waals surface area (Å²) in [6, 6.07) is 0. The molecule has 0 aliphatic rings. The van der Waals surface area contributed by atoms with Crippen LogP contribution in [-0.2, 0) is 26.8 Å². The van der Waals surface area contributed by atoms with Gasteiger partial charge in [-0.1, -0.05) is 33.1 Å². The van der Waals surface area contributed by atoms with Crippen molar-refractivity contribution in [2.75, 3.05) is 6.61 Å². The van der Waals surface area contributed by atoms with Crippen molar-refractivity contribution in [2.45, 2.75) is 39.5 Å². The fourth-order valence-corrected chi connectivity index (χ4v) is 4.49. The molecule has 4 N–H and O–H groups in total. The fraction of sp³-hybridized carbons (Fsp3) is 1.00. The Morgan fingerprint density at radius 3 is 1.95 bits per heavy atom. The maximum absolute atomic E-state index is 11.5. The predicted molar refractivity (Wildman–Crippen MR) is 73.1 cm³/mol. The van der Waals surface area contributed by atoms with Gasteiger partial charge in [-0.2, -0.15) is 8.62 Å². The molecule has 0 rings (SSSR count). The van der Waals surface area contributed by atoms with Gasteiger partial charge >= 0.3 is 23.5 Å². The van der Waals surface area contributed by atoms with E-state index in [-0.39, 0.29) is 12.5 Å². The van der Waals surface area contributed by atoms with E-state index < -0.39 is 23.5 Å². The van der Waals surface area contributed by atoms with Gasteiger partial charge in [-0.05, 0) is 12.3 Å². The Hall–Kier alpha value is 0.410. The highest BCUT2D eigenvalue weighted by molar-refractivity contribution is 7.66. The quantitative estimate of drug-likeness (QED) is 0.398. The van der Waals surface area contributed by atoms with E-state index in [0.29, 0.717) is 6.42 Å². The maximum Gasteiger partial charge on any atom is 0.490 e. The lowest BCUT2D eigenvalue weighted by Crippen LogP contribution is -2.08. The van der Waals surface area contributed by atoms with Crippen LogP contribution < -0.4 is 0 Å². The smallest absolute Gasteiger partial charge is 0.302 e. The van der Waals surface area contributed by atoms with Crippen LogP contribution in [0.15, 0.2) is 0 Å². The van der Waals surface area contributed by atoms with Crippen LogP contribution in [0.5, 0.6) is 0 Å². The normalized spacial score (nSPS) is 19.7. The molecule has 0 aliphatic heterocycles. The van der Waals surface area contributed by atoms with Gasteiger partial charge in [0.25, 0.3) is 0 Å². The van der Waals surface area contributed by atoms with Crippen LogP contribution in [-0.4, -0.2) is 26.2 Å². The molecule has 0 heterocycles. The van der Waals surface area contributed by atoms with Crippen LogP contribution in [0, 0.1) is 5.92 Å². The third-order valence-corrected chi connectivity index (χ3v) is 6.24. The van der Waals surface area contributed by atoms with Crippen LogP contribution in [0.4, 0.5) is 0 Å². The molecular weight excluding hydrogens is 349 g/mol. The average Bonchev–Trinajstić information content (AvgIpc) is 2.24. The maximum atomic E-state index is 11.5. The Morgan fingerprint density at radius 2 is 1.52 bits per heavy atom. The Kier molecular flexibility index (Phi) is 9.06. The van der Waals surface area contributed by atoms with E-state index in [1.165, 1.54) is 0 Å². The average molecular weight is 370 g/mol. The molecule has 3 atom stereocenters. The molecule has 0 aromatic carbocycles. The molecule has 128 valence electrons. The van der Waals surface area contributed by atoms with E-state index in [9.17, 15) is 18.6 Å². The lowest BCUT2D eigenvalue weighted by atomic mass is 10.0. The van der Waals surface area contributed by atoms with Crippen molar-refractivity contribution in [2.24, 2.45) is 5.92 Å². The highest BCUT2D eigenvalue weighted by Gasteiger charge is 2.40. The standard InChI is InChI=1S/C8H21O10P3/c1-3-5-6-8(4-2)7-16-20(12,13)18-21(14,15)17-19(9,10)11/h8H,3-7H2,1-2H3,(H,12,13)(H,14,15)(H2,9,10,11). The van der Waals surface area contributed by atoms with Gasteiger partial charge in [-0.25, -0.2) is 13.7 Å². The molecule has 0 saturated carbocycles.